The summed E-state index contributed by atoms with van der Waals surface area (Å²) in [7, 11) is 1.63. The molecule has 3 aromatic carbocycles. The van der Waals surface area contributed by atoms with Crippen LogP contribution in [0.3, 0.4) is 0 Å². The number of benzene rings is 3. The van der Waals surface area contributed by atoms with Crippen LogP contribution in [0.1, 0.15) is 41.7 Å². The van der Waals surface area contributed by atoms with Gasteiger partial charge >= 0.3 is 0 Å². The highest BCUT2D eigenvalue weighted by Gasteiger charge is 2.29. The van der Waals surface area contributed by atoms with Crippen molar-refractivity contribution in [2.24, 2.45) is 5.92 Å². The van der Waals surface area contributed by atoms with Crippen molar-refractivity contribution in [2.75, 3.05) is 20.2 Å². The Labute approximate surface area is 193 Å². The molecule has 2 amide bonds. The van der Waals surface area contributed by atoms with Gasteiger partial charge in [0.05, 0.1) is 13.2 Å². The molecule has 1 heterocycles. The summed E-state index contributed by atoms with van der Waals surface area (Å²) < 4.78 is 5.44. The van der Waals surface area contributed by atoms with Crippen molar-refractivity contribution in [2.45, 2.75) is 25.8 Å². The molecule has 1 saturated heterocycles. The summed E-state index contributed by atoms with van der Waals surface area (Å²) in [6.45, 7) is 3.07. The van der Waals surface area contributed by atoms with Crippen LogP contribution in [-0.2, 0) is 4.79 Å². The number of likely N-dealkylation sites (tertiary alicyclic amines) is 1. The zero-order valence-electron chi connectivity index (χ0n) is 18.3. The van der Waals surface area contributed by atoms with Gasteiger partial charge in [0.15, 0.2) is 0 Å². The lowest BCUT2D eigenvalue weighted by atomic mass is 9.94. The first-order valence-corrected chi connectivity index (χ1v) is 11.3. The summed E-state index contributed by atoms with van der Waals surface area (Å²) in [4.78, 5) is 27.9. The number of amides is 2. The molecular weight excluding hydrogens is 424 g/mol. The topological polar surface area (TPSA) is 58.6 Å². The number of hydrogen-bond acceptors (Lipinski definition) is 3. The van der Waals surface area contributed by atoms with E-state index in [1.54, 1.807) is 7.11 Å². The number of rotatable bonds is 5. The van der Waals surface area contributed by atoms with Crippen LogP contribution >= 0.6 is 11.6 Å². The zero-order chi connectivity index (χ0) is 22.7. The van der Waals surface area contributed by atoms with Crippen molar-refractivity contribution in [3.8, 4) is 5.75 Å². The number of carbonyl (C=O) groups is 2. The first-order valence-electron chi connectivity index (χ1n) is 10.9. The predicted octanol–water partition coefficient (Wildman–Crippen LogP) is 5.23. The first kappa shape index (κ1) is 22.2. The van der Waals surface area contributed by atoms with Crippen LogP contribution in [0.5, 0.6) is 5.75 Å². The van der Waals surface area contributed by atoms with Crippen molar-refractivity contribution in [3.63, 3.8) is 0 Å². The molecule has 5 nitrogen and oxygen atoms in total. The molecule has 0 aliphatic carbocycles. The van der Waals surface area contributed by atoms with Gasteiger partial charge in [-0.15, -0.1) is 0 Å². The van der Waals surface area contributed by atoms with Gasteiger partial charge in [0, 0.05) is 35.0 Å². The fraction of sp³-hybridized carbons (Fsp3) is 0.308. The van der Waals surface area contributed by atoms with Crippen molar-refractivity contribution in [1.29, 1.82) is 0 Å². The van der Waals surface area contributed by atoms with E-state index in [2.05, 4.69) is 5.32 Å². The number of carbonyl (C=O) groups excluding carboxylic acids is 2. The Bertz CT molecular complexity index is 1140. The lowest BCUT2D eigenvalue weighted by molar-refractivity contribution is -0.127. The molecule has 1 aliphatic heterocycles. The van der Waals surface area contributed by atoms with Crippen LogP contribution in [0.15, 0.2) is 60.7 Å². The lowest BCUT2D eigenvalue weighted by Crippen LogP contribution is -2.43. The molecule has 0 bridgehead atoms. The summed E-state index contributed by atoms with van der Waals surface area (Å²) in [6.07, 6.45) is 1.29. The van der Waals surface area contributed by atoms with Gasteiger partial charge in [-0.2, -0.15) is 0 Å². The largest absolute Gasteiger partial charge is 0.496 e. The molecule has 0 saturated carbocycles. The molecule has 166 valence electrons. The number of nitrogens with one attached hydrogen (secondary N) is 1. The van der Waals surface area contributed by atoms with Gasteiger partial charge in [0.2, 0.25) is 5.91 Å². The molecule has 6 heteroatoms. The third-order valence-corrected chi connectivity index (χ3v) is 6.43. The Balaban J connectivity index is 1.40. The Morgan fingerprint density at radius 3 is 2.44 bits per heavy atom. The summed E-state index contributed by atoms with van der Waals surface area (Å²) in [6, 6.07) is 18.8. The highest BCUT2D eigenvalue weighted by atomic mass is 35.5. The third kappa shape index (κ3) is 4.58. The molecule has 1 fully saturated rings. The lowest BCUT2D eigenvalue weighted by Gasteiger charge is -2.32. The average molecular weight is 451 g/mol. The Morgan fingerprint density at radius 2 is 1.75 bits per heavy atom. The van der Waals surface area contributed by atoms with Gasteiger partial charge in [-0.25, -0.2) is 0 Å². The maximum Gasteiger partial charge on any atom is 0.254 e. The van der Waals surface area contributed by atoms with Crippen LogP contribution in [0.2, 0.25) is 5.02 Å². The van der Waals surface area contributed by atoms with Gasteiger partial charge in [-0.05, 0) is 55.0 Å². The maximum atomic E-state index is 13.3. The Morgan fingerprint density at radius 1 is 1.03 bits per heavy atom. The maximum absolute atomic E-state index is 13.3. The van der Waals surface area contributed by atoms with E-state index in [9.17, 15) is 9.59 Å². The number of piperidine rings is 1. The molecule has 1 N–H and O–H groups in total. The van der Waals surface area contributed by atoms with Crippen LogP contribution in [-0.4, -0.2) is 36.9 Å². The summed E-state index contributed by atoms with van der Waals surface area (Å²) in [5, 5.41) is 5.55. The smallest absolute Gasteiger partial charge is 0.254 e. The fourth-order valence-corrected chi connectivity index (χ4v) is 4.54. The molecular formula is C26H27ClN2O3. The molecule has 0 spiro atoms. The van der Waals surface area contributed by atoms with Gasteiger partial charge in [0.1, 0.15) is 5.75 Å². The monoisotopic (exact) mass is 450 g/mol. The van der Waals surface area contributed by atoms with Crippen LogP contribution in [0.25, 0.3) is 10.8 Å². The summed E-state index contributed by atoms with van der Waals surface area (Å²) >= 11 is 6.07. The van der Waals surface area contributed by atoms with Crippen LogP contribution < -0.4 is 10.1 Å². The van der Waals surface area contributed by atoms with E-state index in [0.29, 0.717) is 36.5 Å². The number of methoxy groups -OCH3 is 1. The molecule has 0 aromatic heterocycles. The second-order valence-electron chi connectivity index (χ2n) is 8.21. The average Bonchev–Trinajstić information content (AvgIpc) is 2.83. The highest BCUT2D eigenvalue weighted by Crippen LogP contribution is 2.30. The van der Waals surface area contributed by atoms with Crippen molar-refractivity contribution in [1.82, 2.24) is 10.2 Å². The molecule has 1 atom stereocenters. The van der Waals surface area contributed by atoms with Gasteiger partial charge in [0.25, 0.3) is 5.91 Å². The van der Waals surface area contributed by atoms with E-state index in [4.69, 9.17) is 16.3 Å². The van der Waals surface area contributed by atoms with E-state index in [-0.39, 0.29) is 23.8 Å². The van der Waals surface area contributed by atoms with E-state index in [1.807, 2.05) is 72.5 Å². The number of fused-ring (bicyclic) bond motifs is 1. The third-order valence-electron chi connectivity index (χ3n) is 6.19. The minimum atomic E-state index is -0.119. The van der Waals surface area contributed by atoms with E-state index in [0.717, 1.165) is 22.1 Å². The van der Waals surface area contributed by atoms with Crippen molar-refractivity contribution < 1.29 is 14.3 Å². The minimum absolute atomic E-state index is 0.00462. The minimum Gasteiger partial charge on any atom is -0.496 e. The van der Waals surface area contributed by atoms with E-state index < -0.39 is 0 Å². The Hall–Kier alpha value is -3.05. The van der Waals surface area contributed by atoms with Crippen LogP contribution in [0.4, 0.5) is 0 Å². The van der Waals surface area contributed by atoms with Gasteiger partial charge < -0.3 is 15.0 Å². The molecule has 0 radical (unpaired) electrons. The quantitative estimate of drug-likeness (QED) is 0.579. The van der Waals surface area contributed by atoms with E-state index in [1.165, 1.54) is 0 Å². The number of ether oxygens (including phenoxy) is 1. The van der Waals surface area contributed by atoms with Gasteiger partial charge in [-0.1, -0.05) is 48.0 Å². The molecule has 1 unspecified atom stereocenters. The van der Waals surface area contributed by atoms with Crippen molar-refractivity contribution in [3.05, 3.63) is 76.8 Å². The predicted molar refractivity (Wildman–Crippen MR) is 127 cm³/mol. The Kier molecular flexibility index (Phi) is 6.66. The van der Waals surface area contributed by atoms with Crippen molar-refractivity contribution >= 4 is 34.2 Å². The molecule has 1 aliphatic rings. The second kappa shape index (κ2) is 9.61. The fourth-order valence-electron chi connectivity index (χ4n) is 4.34. The zero-order valence-corrected chi connectivity index (χ0v) is 19.1. The van der Waals surface area contributed by atoms with Gasteiger partial charge in [-0.3, -0.25) is 9.59 Å². The van der Waals surface area contributed by atoms with Crippen LogP contribution in [0, 0.1) is 5.92 Å². The number of halogens is 1. The number of nitrogens with zero attached hydrogens (tertiary/aromatic N) is 1. The second-order valence-corrected chi connectivity index (χ2v) is 8.65. The summed E-state index contributed by atoms with van der Waals surface area (Å²) in [5.41, 5.74) is 1.64. The molecule has 4 rings (SSSR count). The molecule has 32 heavy (non-hydrogen) atoms. The summed E-state index contributed by atoms with van der Waals surface area (Å²) in [5.74, 6) is 0.670. The van der Waals surface area contributed by atoms with E-state index >= 15 is 0 Å². The molecule has 3 aromatic rings. The number of hydrogen-bond donors (Lipinski definition) is 1. The first-order chi connectivity index (χ1) is 15.5. The normalized spacial score (nSPS) is 15.4. The SMILES string of the molecule is COc1ccc(C(=O)N2CCC(C(=O)NC(C)c3cccc(Cl)c3)CC2)c2ccccc12. The highest BCUT2D eigenvalue weighted by molar-refractivity contribution is 6.30. The standard InChI is InChI=1S/C26H27ClN2O3/c1-17(19-6-5-7-20(27)16-19)28-25(30)18-12-14-29(15-13-18)26(31)23-10-11-24(32-2)22-9-4-3-8-21(22)23/h3-11,16-18H,12-15H2,1-2H3,(H,28,30).